The van der Waals surface area contributed by atoms with Crippen LogP contribution in [0.15, 0.2) is 0 Å². The largest absolute Gasteiger partial charge is 0.466 e. The summed E-state index contributed by atoms with van der Waals surface area (Å²) in [4.78, 5) is 14.1. The molecule has 1 aliphatic heterocycles. The number of rotatable bonds is 7. The fourth-order valence-corrected chi connectivity index (χ4v) is 5.84. The Hall–Kier alpha value is -0.650. The Kier molecular flexibility index (Phi) is 6.00. The molecule has 3 fully saturated rings. The summed E-state index contributed by atoms with van der Waals surface area (Å²) in [5.41, 5.74) is 0.497. The molecular formula is C21H37NO4. The third-order valence-electron chi connectivity index (χ3n) is 7.27. The smallest absolute Gasteiger partial charge is 0.309 e. The number of carbonyl (C=O) groups is 1. The molecule has 0 radical (unpaired) electrons. The van der Waals surface area contributed by atoms with E-state index in [1.54, 1.807) is 0 Å². The maximum atomic E-state index is 11.8. The Morgan fingerprint density at radius 1 is 1.23 bits per heavy atom. The lowest BCUT2D eigenvalue weighted by Crippen LogP contribution is -2.46. The summed E-state index contributed by atoms with van der Waals surface area (Å²) in [7, 11) is 0. The monoisotopic (exact) mass is 367 g/mol. The number of aliphatic hydroxyl groups excluding tert-OH is 1. The van der Waals surface area contributed by atoms with Crippen molar-refractivity contribution in [3.63, 3.8) is 0 Å². The highest BCUT2D eigenvalue weighted by molar-refractivity contribution is 5.72. The molecule has 0 amide bonds. The van der Waals surface area contributed by atoms with Crippen LogP contribution in [0.4, 0.5) is 0 Å². The van der Waals surface area contributed by atoms with Crippen molar-refractivity contribution in [1.29, 1.82) is 0 Å². The van der Waals surface area contributed by atoms with E-state index < -0.39 is 6.10 Å². The molecule has 26 heavy (non-hydrogen) atoms. The molecule has 0 spiro atoms. The van der Waals surface area contributed by atoms with Crippen molar-refractivity contribution < 1.29 is 19.4 Å². The van der Waals surface area contributed by atoms with Gasteiger partial charge in [-0.3, -0.25) is 4.79 Å². The van der Waals surface area contributed by atoms with Gasteiger partial charge in [-0.25, -0.2) is 0 Å². The van der Waals surface area contributed by atoms with Crippen LogP contribution in [0.2, 0.25) is 0 Å². The molecule has 2 saturated carbocycles. The number of nitrogens with zero attached hydrogens (tertiary/aromatic N) is 1. The fraction of sp³-hybridized carbons (Fsp3) is 0.952. The van der Waals surface area contributed by atoms with Gasteiger partial charge in [0.15, 0.2) is 0 Å². The van der Waals surface area contributed by atoms with Crippen molar-refractivity contribution in [2.75, 3.05) is 32.8 Å². The van der Waals surface area contributed by atoms with E-state index in [-0.39, 0.29) is 28.8 Å². The number of hydrogen-bond acceptors (Lipinski definition) is 5. The molecule has 150 valence electrons. The topological polar surface area (TPSA) is 59.0 Å². The minimum atomic E-state index is -0.465. The summed E-state index contributed by atoms with van der Waals surface area (Å²) in [6.07, 6.45) is 5.27. The number of hydrogen-bond donors (Lipinski definition) is 1. The molecule has 0 aromatic rings. The lowest BCUT2D eigenvalue weighted by molar-refractivity contribution is -0.149. The zero-order valence-corrected chi connectivity index (χ0v) is 17.0. The maximum Gasteiger partial charge on any atom is 0.309 e. The lowest BCUT2D eigenvalue weighted by atomic mass is 9.70. The van der Waals surface area contributed by atoms with Gasteiger partial charge in [-0.1, -0.05) is 20.8 Å². The summed E-state index contributed by atoms with van der Waals surface area (Å²) in [5.74, 6) is 0.716. The fourth-order valence-electron chi connectivity index (χ4n) is 5.84. The van der Waals surface area contributed by atoms with Crippen molar-refractivity contribution in [1.82, 2.24) is 4.90 Å². The molecule has 4 atom stereocenters. The highest BCUT2D eigenvalue weighted by Crippen LogP contribution is 2.63. The van der Waals surface area contributed by atoms with Crippen molar-refractivity contribution >= 4 is 5.97 Å². The van der Waals surface area contributed by atoms with Gasteiger partial charge < -0.3 is 19.5 Å². The Morgan fingerprint density at radius 2 is 1.92 bits per heavy atom. The van der Waals surface area contributed by atoms with Crippen molar-refractivity contribution in [2.24, 2.45) is 22.7 Å². The summed E-state index contributed by atoms with van der Waals surface area (Å²) in [6, 6.07) is 0. The zero-order valence-electron chi connectivity index (χ0n) is 17.0. The molecule has 0 aromatic carbocycles. The number of esters is 1. The molecule has 3 rings (SSSR count). The highest BCUT2D eigenvalue weighted by atomic mass is 16.5. The first kappa shape index (κ1) is 20.1. The van der Waals surface area contributed by atoms with Gasteiger partial charge in [0.25, 0.3) is 0 Å². The van der Waals surface area contributed by atoms with E-state index in [9.17, 15) is 9.90 Å². The van der Waals surface area contributed by atoms with Crippen molar-refractivity contribution in [3.8, 4) is 0 Å². The summed E-state index contributed by atoms with van der Waals surface area (Å²) in [6.45, 7) is 12.0. The predicted octanol–water partition coefficient (Wildman–Crippen LogP) is 2.85. The summed E-state index contributed by atoms with van der Waals surface area (Å²) >= 11 is 0. The van der Waals surface area contributed by atoms with Crippen LogP contribution in [-0.2, 0) is 14.3 Å². The van der Waals surface area contributed by atoms with Crippen LogP contribution in [0.25, 0.3) is 0 Å². The molecule has 2 aliphatic carbocycles. The van der Waals surface area contributed by atoms with Crippen molar-refractivity contribution in [3.05, 3.63) is 0 Å². The second-order valence-corrected chi connectivity index (χ2v) is 9.61. The molecule has 5 nitrogen and oxygen atoms in total. The SMILES string of the molecule is CCOC(=O)C1CCN(C[C@H](O)CO[C@@H]2C(C)(C)[C@@H]3CC[C@]2(C)C3)CC1. The van der Waals surface area contributed by atoms with E-state index in [4.69, 9.17) is 9.47 Å². The quantitative estimate of drug-likeness (QED) is 0.701. The molecule has 3 aliphatic rings. The number of aliphatic hydroxyl groups is 1. The van der Waals surface area contributed by atoms with E-state index in [0.29, 0.717) is 19.8 Å². The van der Waals surface area contributed by atoms with Gasteiger partial charge in [0, 0.05) is 6.54 Å². The average Bonchev–Trinajstić information content (AvgIpc) is 3.06. The van der Waals surface area contributed by atoms with Gasteiger partial charge in [-0.15, -0.1) is 0 Å². The highest BCUT2D eigenvalue weighted by Gasteiger charge is 2.60. The number of fused-ring (bicyclic) bond motifs is 2. The first-order valence-electron chi connectivity index (χ1n) is 10.4. The molecule has 1 N–H and O–H groups in total. The summed E-state index contributed by atoms with van der Waals surface area (Å²) in [5, 5.41) is 10.5. The van der Waals surface area contributed by atoms with Crippen LogP contribution >= 0.6 is 0 Å². The van der Waals surface area contributed by atoms with E-state index in [0.717, 1.165) is 31.8 Å². The first-order valence-corrected chi connectivity index (χ1v) is 10.4. The van der Waals surface area contributed by atoms with Gasteiger partial charge >= 0.3 is 5.97 Å². The standard InChI is InChI=1S/C21H37NO4/c1-5-25-18(24)15-7-10-22(11-8-15)13-17(23)14-26-19-20(2,3)16-6-9-21(19,4)12-16/h15-17,19,23H,5-14H2,1-4H3/t16-,17+,19-,21-/m1/s1. The summed E-state index contributed by atoms with van der Waals surface area (Å²) < 4.78 is 11.4. The molecule has 0 aromatic heterocycles. The molecule has 0 unspecified atom stereocenters. The van der Waals surface area contributed by atoms with E-state index >= 15 is 0 Å². The molecule has 5 heteroatoms. The van der Waals surface area contributed by atoms with Gasteiger partial charge in [0.05, 0.1) is 31.3 Å². The number of β-amino-alcohol motifs (C(OH)–C–C–N with tert-alkyl or cyclic N) is 1. The number of piperidine rings is 1. The van der Waals surface area contributed by atoms with Crippen LogP contribution < -0.4 is 0 Å². The van der Waals surface area contributed by atoms with Gasteiger partial charge in [-0.2, -0.15) is 0 Å². The zero-order chi connectivity index (χ0) is 18.9. The van der Waals surface area contributed by atoms with Crippen molar-refractivity contribution in [2.45, 2.75) is 72.0 Å². The van der Waals surface area contributed by atoms with Crippen LogP contribution in [0.5, 0.6) is 0 Å². The van der Waals surface area contributed by atoms with Crippen LogP contribution in [0, 0.1) is 22.7 Å². The number of ether oxygens (including phenoxy) is 2. The molecule has 1 heterocycles. The van der Waals surface area contributed by atoms with Crippen LogP contribution in [0.3, 0.4) is 0 Å². The molecular weight excluding hydrogens is 330 g/mol. The second-order valence-electron chi connectivity index (χ2n) is 9.61. The van der Waals surface area contributed by atoms with Crippen LogP contribution in [-0.4, -0.2) is 61.0 Å². The van der Waals surface area contributed by atoms with Gasteiger partial charge in [-0.05, 0) is 68.9 Å². The Morgan fingerprint density at radius 3 is 2.50 bits per heavy atom. The van der Waals surface area contributed by atoms with Crippen LogP contribution in [0.1, 0.15) is 59.8 Å². The number of likely N-dealkylation sites (tertiary alicyclic amines) is 1. The molecule has 2 bridgehead atoms. The van der Waals surface area contributed by atoms with Gasteiger partial charge in [0.2, 0.25) is 0 Å². The minimum absolute atomic E-state index is 0.0226. The average molecular weight is 368 g/mol. The second kappa shape index (κ2) is 7.76. The minimum Gasteiger partial charge on any atom is -0.466 e. The Labute approximate surface area is 158 Å². The van der Waals surface area contributed by atoms with Gasteiger partial charge in [0.1, 0.15) is 0 Å². The van der Waals surface area contributed by atoms with E-state index in [1.807, 2.05) is 6.92 Å². The third-order valence-corrected chi connectivity index (χ3v) is 7.27. The first-order chi connectivity index (χ1) is 12.3. The number of carbonyl (C=O) groups excluding carboxylic acids is 1. The third kappa shape index (κ3) is 3.95. The normalized spacial score (nSPS) is 35.6. The Balaban J connectivity index is 1.41. The Bertz CT molecular complexity index is 495. The lowest BCUT2D eigenvalue weighted by Gasteiger charge is -2.42. The van der Waals surface area contributed by atoms with E-state index in [1.165, 1.54) is 19.3 Å². The molecule has 1 saturated heterocycles. The maximum absolute atomic E-state index is 11.8. The van der Waals surface area contributed by atoms with E-state index in [2.05, 4.69) is 25.7 Å². The predicted molar refractivity (Wildman–Crippen MR) is 101 cm³/mol.